The fraction of sp³-hybridized carbons (Fsp3) is 0.103. The summed E-state index contributed by atoms with van der Waals surface area (Å²) in [7, 11) is -2.15. The number of hydrogen-bond donors (Lipinski definition) is 1. The molecule has 0 aliphatic carbocycles. The normalized spacial score (nSPS) is 11.5. The van der Waals surface area contributed by atoms with Crippen LogP contribution in [0.1, 0.15) is 5.56 Å². The first-order valence-electron chi connectivity index (χ1n) is 11.9. The maximum atomic E-state index is 12.9. The summed E-state index contributed by atoms with van der Waals surface area (Å²) < 4.78 is 39.7. The first-order chi connectivity index (χ1) is 18.8. The molecule has 10 heteroatoms. The summed E-state index contributed by atoms with van der Waals surface area (Å²) in [4.78, 5) is 8.81. The van der Waals surface area contributed by atoms with Crippen LogP contribution < -0.4 is 14.2 Å². The minimum absolute atomic E-state index is 0.0976. The van der Waals surface area contributed by atoms with Crippen molar-refractivity contribution in [2.24, 2.45) is 0 Å². The van der Waals surface area contributed by atoms with Crippen LogP contribution in [0.25, 0.3) is 22.2 Å². The highest BCUT2D eigenvalue weighted by atomic mass is 35.5. The molecule has 0 bridgehead atoms. The monoisotopic (exact) mass is 579 g/mol. The number of nitrogens with zero attached hydrogens (tertiary/aromatic N) is 2. The third-order valence-corrected chi connectivity index (χ3v) is 8.12. The highest BCUT2D eigenvalue weighted by molar-refractivity contribution is 7.89. The minimum Gasteiger partial charge on any atom is -0.497 e. The van der Waals surface area contributed by atoms with Gasteiger partial charge in [-0.2, -0.15) is 0 Å². The quantitative estimate of drug-likeness (QED) is 0.204. The van der Waals surface area contributed by atoms with Crippen LogP contribution in [-0.2, 0) is 16.4 Å². The maximum absolute atomic E-state index is 12.9. The van der Waals surface area contributed by atoms with Gasteiger partial charge in [0.05, 0.1) is 33.3 Å². The second kappa shape index (κ2) is 11.6. The number of rotatable bonds is 9. The van der Waals surface area contributed by atoms with Crippen LogP contribution in [0.5, 0.6) is 17.2 Å². The Labute approximate surface area is 236 Å². The zero-order valence-corrected chi connectivity index (χ0v) is 23.1. The van der Waals surface area contributed by atoms with E-state index in [9.17, 15) is 8.42 Å². The number of sulfonamides is 1. The van der Waals surface area contributed by atoms with Crippen molar-refractivity contribution < 1.29 is 17.9 Å². The van der Waals surface area contributed by atoms with Gasteiger partial charge in [0.1, 0.15) is 23.6 Å². The molecule has 4 aromatic carbocycles. The van der Waals surface area contributed by atoms with E-state index in [0.29, 0.717) is 44.7 Å². The van der Waals surface area contributed by atoms with Crippen LogP contribution in [0, 0.1) is 0 Å². The zero-order chi connectivity index (χ0) is 27.4. The number of benzene rings is 4. The molecule has 0 saturated heterocycles. The van der Waals surface area contributed by atoms with Gasteiger partial charge in [-0.15, -0.1) is 0 Å². The second-order valence-corrected chi connectivity index (χ2v) is 11.2. The van der Waals surface area contributed by atoms with Crippen LogP contribution in [-0.4, -0.2) is 32.0 Å². The number of aromatic nitrogens is 2. The van der Waals surface area contributed by atoms with E-state index in [-0.39, 0.29) is 11.4 Å². The van der Waals surface area contributed by atoms with Crippen LogP contribution in [0.4, 0.5) is 0 Å². The molecule has 198 valence electrons. The van der Waals surface area contributed by atoms with Crippen molar-refractivity contribution in [3.05, 3.63) is 107 Å². The minimum atomic E-state index is -3.75. The summed E-state index contributed by atoms with van der Waals surface area (Å²) in [6.07, 6.45) is 1.97. The van der Waals surface area contributed by atoms with Gasteiger partial charge in [0.15, 0.2) is 0 Å². The lowest BCUT2D eigenvalue weighted by Crippen LogP contribution is -2.26. The van der Waals surface area contributed by atoms with Crippen molar-refractivity contribution in [1.82, 2.24) is 14.7 Å². The van der Waals surface area contributed by atoms with Gasteiger partial charge in [-0.25, -0.2) is 23.1 Å². The number of nitrogens with one attached hydrogen (secondary N) is 1. The Hall–Kier alpha value is -3.69. The number of ether oxygens (including phenoxy) is 2. The third kappa shape index (κ3) is 6.15. The van der Waals surface area contributed by atoms with Gasteiger partial charge >= 0.3 is 0 Å². The van der Waals surface area contributed by atoms with Gasteiger partial charge in [0.2, 0.25) is 10.0 Å². The number of para-hydroxylation sites is 1. The fourth-order valence-corrected chi connectivity index (χ4v) is 5.56. The fourth-order valence-electron chi connectivity index (χ4n) is 4.06. The molecule has 7 nitrogen and oxygen atoms in total. The predicted octanol–water partition coefficient (Wildman–Crippen LogP) is 6.93. The number of methoxy groups -OCH3 is 1. The molecule has 1 N–H and O–H groups in total. The molecule has 0 radical (unpaired) electrons. The first kappa shape index (κ1) is 26.9. The summed E-state index contributed by atoms with van der Waals surface area (Å²) in [5.41, 5.74) is 2.85. The van der Waals surface area contributed by atoms with E-state index < -0.39 is 10.0 Å². The number of halogens is 2. The number of fused-ring (bicyclic) bond motifs is 1. The molecule has 0 spiro atoms. The lowest BCUT2D eigenvalue weighted by Gasteiger charge is -2.12. The van der Waals surface area contributed by atoms with Crippen molar-refractivity contribution in [3.63, 3.8) is 0 Å². The van der Waals surface area contributed by atoms with Gasteiger partial charge in [-0.1, -0.05) is 53.5 Å². The van der Waals surface area contributed by atoms with E-state index in [1.165, 1.54) is 18.5 Å². The summed E-state index contributed by atoms with van der Waals surface area (Å²) in [6.45, 7) is 0.247. The van der Waals surface area contributed by atoms with Gasteiger partial charge < -0.3 is 9.47 Å². The second-order valence-electron chi connectivity index (χ2n) is 8.57. The molecule has 5 aromatic rings. The molecule has 0 unspecified atom stereocenters. The molecule has 5 rings (SSSR count). The maximum Gasteiger partial charge on any atom is 0.240 e. The van der Waals surface area contributed by atoms with E-state index in [1.807, 2.05) is 36.4 Å². The van der Waals surface area contributed by atoms with E-state index in [1.54, 1.807) is 43.5 Å². The van der Waals surface area contributed by atoms with E-state index >= 15 is 0 Å². The van der Waals surface area contributed by atoms with E-state index in [0.717, 1.165) is 16.7 Å². The summed E-state index contributed by atoms with van der Waals surface area (Å²) >= 11 is 12.8. The lowest BCUT2D eigenvalue weighted by atomic mass is 10.1. The molecule has 1 heterocycles. The molecule has 0 atom stereocenters. The first-order valence-corrected chi connectivity index (χ1v) is 14.2. The van der Waals surface area contributed by atoms with Crippen LogP contribution in [0.2, 0.25) is 10.0 Å². The van der Waals surface area contributed by atoms with Crippen molar-refractivity contribution in [1.29, 1.82) is 0 Å². The van der Waals surface area contributed by atoms with Crippen LogP contribution in [0.3, 0.4) is 0 Å². The summed E-state index contributed by atoms with van der Waals surface area (Å²) in [5, 5.41) is 1.73. The molecular weight excluding hydrogens is 557 g/mol. The van der Waals surface area contributed by atoms with Gasteiger partial charge in [0.25, 0.3) is 0 Å². The van der Waals surface area contributed by atoms with E-state index in [4.69, 9.17) is 32.7 Å². The average molecular weight is 580 g/mol. The third-order valence-electron chi connectivity index (χ3n) is 6.02. The molecular formula is C29H23Cl2N3O4S. The largest absolute Gasteiger partial charge is 0.497 e. The molecule has 0 fully saturated rings. The summed E-state index contributed by atoms with van der Waals surface area (Å²) in [6, 6.07) is 24.4. The smallest absolute Gasteiger partial charge is 0.240 e. The lowest BCUT2D eigenvalue weighted by molar-refractivity contribution is 0.414. The molecule has 0 saturated carbocycles. The SMILES string of the molecule is COc1ccc(CCNS(=O)(=O)c2cccc(Oc3ccc(Cl)c(-c4ncnc5c(Cl)cccc45)c3)c2)cc1. The average Bonchev–Trinajstić information content (AvgIpc) is 2.95. The Morgan fingerprint density at radius 3 is 2.36 bits per heavy atom. The molecule has 0 amide bonds. The molecule has 1 aromatic heterocycles. The highest BCUT2D eigenvalue weighted by Crippen LogP contribution is 2.36. The van der Waals surface area contributed by atoms with Crippen molar-refractivity contribution in [2.75, 3.05) is 13.7 Å². The Morgan fingerprint density at radius 1 is 0.821 bits per heavy atom. The van der Waals surface area contributed by atoms with Crippen molar-refractivity contribution >= 4 is 44.1 Å². The predicted molar refractivity (Wildman–Crippen MR) is 153 cm³/mol. The van der Waals surface area contributed by atoms with E-state index in [2.05, 4.69) is 14.7 Å². The Morgan fingerprint density at radius 2 is 1.56 bits per heavy atom. The molecule has 39 heavy (non-hydrogen) atoms. The topological polar surface area (TPSA) is 90.4 Å². The highest BCUT2D eigenvalue weighted by Gasteiger charge is 2.16. The zero-order valence-electron chi connectivity index (χ0n) is 20.8. The Balaban J connectivity index is 1.34. The van der Waals surface area contributed by atoms with Crippen LogP contribution >= 0.6 is 23.2 Å². The van der Waals surface area contributed by atoms with Crippen molar-refractivity contribution in [2.45, 2.75) is 11.3 Å². The molecule has 0 aliphatic rings. The van der Waals surface area contributed by atoms with Gasteiger partial charge in [-0.3, -0.25) is 0 Å². The number of hydrogen-bond acceptors (Lipinski definition) is 6. The van der Waals surface area contributed by atoms with Crippen LogP contribution in [0.15, 0.2) is 96.2 Å². The standard InChI is InChI=1S/C29H23Cl2N3O4S/c1-37-20-10-8-19(9-11-20)14-15-34-39(35,36)23-5-2-4-21(16-23)38-22-12-13-26(30)25(17-22)28-24-6-3-7-27(31)29(24)33-18-32-28/h2-13,16-18,34H,14-15H2,1H3. The Bertz CT molecular complexity index is 1750. The Kier molecular flexibility index (Phi) is 7.99. The van der Waals surface area contributed by atoms with Gasteiger partial charge in [0, 0.05) is 23.6 Å². The van der Waals surface area contributed by atoms with Crippen molar-refractivity contribution in [3.8, 4) is 28.5 Å². The summed E-state index contributed by atoms with van der Waals surface area (Å²) in [5.74, 6) is 1.57. The van der Waals surface area contributed by atoms with Gasteiger partial charge in [-0.05, 0) is 60.5 Å². The molecule has 0 aliphatic heterocycles.